The minimum Gasteiger partial charge on any atom is -0.354 e. The number of aromatic nitrogens is 3. The fraction of sp³-hybridized carbons (Fsp3) is 0.550. The molecule has 1 saturated heterocycles. The first-order valence-electron chi connectivity index (χ1n) is 9.94. The van der Waals surface area contributed by atoms with Gasteiger partial charge in [-0.15, -0.1) is 0 Å². The summed E-state index contributed by atoms with van der Waals surface area (Å²) in [6.07, 6.45) is 5.68. The van der Waals surface area contributed by atoms with Gasteiger partial charge in [0.2, 0.25) is 11.8 Å². The number of hydrogen-bond acceptors (Lipinski definition) is 5. The van der Waals surface area contributed by atoms with Crippen molar-refractivity contribution in [3.05, 3.63) is 24.0 Å². The third-order valence-electron chi connectivity index (χ3n) is 6.08. The maximum atomic E-state index is 13.1. The van der Waals surface area contributed by atoms with Crippen LogP contribution in [0.5, 0.6) is 0 Å². The fourth-order valence-electron chi connectivity index (χ4n) is 4.32. The average molecular weight is 381 g/mol. The molecule has 8 heteroatoms. The Hall–Kier alpha value is -2.77. The van der Waals surface area contributed by atoms with E-state index in [1.165, 1.54) is 24.4 Å². The summed E-state index contributed by atoms with van der Waals surface area (Å²) in [4.78, 5) is 43.7. The molecule has 2 aliphatic carbocycles. The van der Waals surface area contributed by atoms with Gasteiger partial charge in [-0.05, 0) is 49.7 Å². The molecule has 0 spiro atoms. The second-order valence-corrected chi connectivity index (χ2v) is 8.24. The van der Waals surface area contributed by atoms with Gasteiger partial charge in [0.1, 0.15) is 18.3 Å². The van der Waals surface area contributed by atoms with E-state index >= 15 is 0 Å². The lowest BCUT2D eigenvalue weighted by Gasteiger charge is -2.27. The number of hydrogen-bond donors (Lipinski definition) is 1. The summed E-state index contributed by atoms with van der Waals surface area (Å²) in [5.74, 6) is 0.698. The van der Waals surface area contributed by atoms with Crippen molar-refractivity contribution < 1.29 is 14.4 Å². The minimum absolute atomic E-state index is 0.0174. The number of nitrogens with zero attached hydrogens (tertiary/aromatic N) is 4. The Balaban J connectivity index is 1.36. The first-order chi connectivity index (χ1) is 13.5. The number of carbonyl (C=O) groups is 3. The minimum atomic E-state index is -0.392. The highest BCUT2D eigenvalue weighted by Gasteiger charge is 2.56. The number of carbonyl (C=O) groups excluding carboxylic acids is 3. The molecule has 1 N–H and O–H groups in total. The van der Waals surface area contributed by atoms with E-state index in [1.54, 1.807) is 23.2 Å². The normalized spacial score (nSPS) is 25.6. The highest BCUT2D eigenvalue weighted by atomic mass is 16.2. The van der Waals surface area contributed by atoms with E-state index in [0.717, 1.165) is 12.8 Å². The number of ketones is 1. The van der Waals surface area contributed by atoms with E-state index in [4.69, 9.17) is 0 Å². The van der Waals surface area contributed by atoms with Crippen LogP contribution in [0.15, 0.2) is 18.3 Å². The predicted octanol–water partition coefficient (Wildman–Crippen LogP) is 1.15. The molecule has 2 aromatic rings. The van der Waals surface area contributed by atoms with Gasteiger partial charge in [0.25, 0.3) is 0 Å². The van der Waals surface area contributed by atoms with Crippen molar-refractivity contribution in [2.45, 2.75) is 51.2 Å². The van der Waals surface area contributed by atoms with Gasteiger partial charge in [0.15, 0.2) is 11.4 Å². The van der Waals surface area contributed by atoms with E-state index in [9.17, 15) is 14.4 Å². The highest BCUT2D eigenvalue weighted by Crippen LogP contribution is 2.48. The van der Waals surface area contributed by atoms with Crippen molar-refractivity contribution in [2.75, 3.05) is 6.54 Å². The SMILES string of the molecule is CC(=O)c1nn(CC(=O)N2[C@@H]3C[C@@H]3C[C@H]2C(=O)NCC2CC2)c2ncccc12. The maximum absolute atomic E-state index is 13.1. The van der Waals surface area contributed by atoms with Crippen LogP contribution in [-0.4, -0.2) is 55.9 Å². The van der Waals surface area contributed by atoms with Crippen LogP contribution >= 0.6 is 0 Å². The smallest absolute Gasteiger partial charge is 0.245 e. The van der Waals surface area contributed by atoms with Crippen LogP contribution < -0.4 is 5.32 Å². The van der Waals surface area contributed by atoms with Gasteiger partial charge in [-0.2, -0.15) is 5.10 Å². The molecule has 1 aliphatic heterocycles. The zero-order valence-corrected chi connectivity index (χ0v) is 15.8. The molecule has 8 nitrogen and oxygen atoms in total. The Labute approximate surface area is 162 Å². The molecule has 3 atom stereocenters. The van der Waals surface area contributed by atoms with Crippen molar-refractivity contribution >= 4 is 28.6 Å². The van der Waals surface area contributed by atoms with Crippen molar-refractivity contribution in [1.82, 2.24) is 25.0 Å². The Morgan fingerprint density at radius 1 is 1.25 bits per heavy atom. The number of likely N-dealkylation sites (tertiary alicyclic amines) is 1. The summed E-state index contributed by atoms with van der Waals surface area (Å²) in [7, 11) is 0. The van der Waals surface area contributed by atoms with Gasteiger partial charge in [-0.3, -0.25) is 14.4 Å². The van der Waals surface area contributed by atoms with Gasteiger partial charge in [-0.25, -0.2) is 9.67 Å². The van der Waals surface area contributed by atoms with Crippen LogP contribution in [0.1, 0.15) is 43.1 Å². The summed E-state index contributed by atoms with van der Waals surface area (Å²) < 4.78 is 1.49. The summed E-state index contributed by atoms with van der Waals surface area (Å²) >= 11 is 0. The standard InChI is InChI=1S/C20H23N5O3/c1-11(26)18-14-3-2-6-21-19(14)24(23-18)10-17(27)25-15-7-13(15)8-16(25)20(28)22-9-12-4-5-12/h2-3,6,12-13,15-16H,4-5,7-10H2,1H3,(H,22,28)/t13-,15-,16+/m1/s1. The summed E-state index contributed by atoms with van der Waals surface area (Å²) in [5, 5.41) is 7.99. The Bertz CT molecular complexity index is 979. The van der Waals surface area contributed by atoms with E-state index < -0.39 is 6.04 Å². The first kappa shape index (κ1) is 17.3. The van der Waals surface area contributed by atoms with Crippen molar-refractivity contribution in [3.8, 4) is 0 Å². The van der Waals surface area contributed by atoms with Crippen molar-refractivity contribution in [1.29, 1.82) is 0 Å². The number of piperidine rings is 1. The summed E-state index contributed by atoms with van der Waals surface area (Å²) in [6.45, 7) is 2.15. The molecular formula is C20H23N5O3. The van der Waals surface area contributed by atoms with Crippen LogP contribution in [0.25, 0.3) is 11.0 Å². The average Bonchev–Trinajstić information content (AvgIpc) is 3.59. The van der Waals surface area contributed by atoms with Gasteiger partial charge in [0, 0.05) is 25.7 Å². The van der Waals surface area contributed by atoms with E-state index in [0.29, 0.717) is 35.1 Å². The van der Waals surface area contributed by atoms with Crippen LogP contribution in [0, 0.1) is 11.8 Å². The lowest BCUT2D eigenvalue weighted by molar-refractivity contribution is -0.140. The largest absolute Gasteiger partial charge is 0.354 e. The quantitative estimate of drug-likeness (QED) is 0.757. The van der Waals surface area contributed by atoms with Crippen LogP contribution in [0.4, 0.5) is 0 Å². The molecule has 0 bridgehead atoms. The number of amides is 2. The zero-order chi connectivity index (χ0) is 19.4. The molecule has 146 valence electrons. The van der Waals surface area contributed by atoms with Gasteiger partial charge in [-0.1, -0.05) is 0 Å². The van der Waals surface area contributed by atoms with Gasteiger partial charge < -0.3 is 10.2 Å². The number of rotatable bonds is 6. The molecule has 0 unspecified atom stereocenters. The number of Topliss-reactive ketones (excluding diaryl/α,β-unsaturated/α-hetero) is 1. The van der Waals surface area contributed by atoms with Crippen LogP contribution in [0.2, 0.25) is 0 Å². The molecule has 2 amide bonds. The molecular weight excluding hydrogens is 358 g/mol. The molecule has 3 fully saturated rings. The van der Waals surface area contributed by atoms with Crippen LogP contribution in [-0.2, 0) is 16.1 Å². The summed E-state index contributed by atoms with van der Waals surface area (Å²) in [5.41, 5.74) is 0.836. The Morgan fingerprint density at radius 3 is 2.82 bits per heavy atom. The fourth-order valence-corrected chi connectivity index (χ4v) is 4.32. The Morgan fingerprint density at radius 2 is 2.07 bits per heavy atom. The van der Waals surface area contributed by atoms with E-state index in [-0.39, 0.29) is 30.2 Å². The van der Waals surface area contributed by atoms with E-state index in [2.05, 4.69) is 15.4 Å². The topological polar surface area (TPSA) is 97.2 Å². The zero-order valence-electron chi connectivity index (χ0n) is 15.8. The Kier molecular flexibility index (Phi) is 3.96. The molecule has 0 aromatic carbocycles. The third kappa shape index (κ3) is 2.96. The second-order valence-electron chi connectivity index (χ2n) is 8.24. The molecule has 5 rings (SSSR count). The molecule has 0 radical (unpaired) electrons. The lowest BCUT2D eigenvalue weighted by Crippen LogP contribution is -2.49. The predicted molar refractivity (Wildman–Crippen MR) is 100 cm³/mol. The number of fused-ring (bicyclic) bond motifs is 2. The molecule has 2 aromatic heterocycles. The molecule has 28 heavy (non-hydrogen) atoms. The first-order valence-corrected chi connectivity index (χ1v) is 9.94. The van der Waals surface area contributed by atoms with Crippen molar-refractivity contribution in [3.63, 3.8) is 0 Å². The van der Waals surface area contributed by atoms with Crippen LogP contribution in [0.3, 0.4) is 0 Å². The number of pyridine rings is 1. The van der Waals surface area contributed by atoms with Gasteiger partial charge >= 0.3 is 0 Å². The molecule has 3 aliphatic rings. The van der Waals surface area contributed by atoms with Gasteiger partial charge in [0.05, 0.1) is 5.39 Å². The third-order valence-corrected chi connectivity index (χ3v) is 6.08. The van der Waals surface area contributed by atoms with Crippen molar-refractivity contribution in [2.24, 2.45) is 11.8 Å². The maximum Gasteiger partial charge on any atom is 0.245 e. The molecule has 3 heterocycles. The lowest BCUT2D eigenvalue weighted by atomic mass is 10.1. The van der Waals surface area contributed by atoms with E-state index in [1.807, 2.05) is 0 Å². The second kappa shape index (κ2) is 6.39. The monoisotopic (exact) mass is 381 g/mol. The number of nitrogens with one attached hydrogen (secondary N) is 1. The molecule has 2 saturated carbocycles. The highest BCUT2D eigenvalue weighted by molar-refractivity contribution is 6.04. The summed E-state index contributed by atoms with van der Waals surface area (Å²) in [6, 6.07) is 3.30.